The van der Waals surface area contributed by atoms with Gasteiger partial charge >= 0.3 is 0 Å². The standard InChI is InChI=1S/C11H23NO/c1-6-12(10(3)4)9-8-11(5)13-7-2/h7,10-11H,2,6,8-9H2,1,3-5H3. The van der Waals surface area contributed by atoms with Crippen LogP contribution in [0.4, 0.5) is 0 Å². The summed E-state index contributed by atoms with van der Waals surface area (Å²) in [5.41, 5.74) is 0. The lowest BCUT2D eigenvalue weighted by molar-refractivity contribution is 0.126. The molecule has 0 aromatic carbocycles. The van der Waals surface area contributed by atoms with Crippen molar-refractivity contribution >= 4 is 0 Å². The van der Waals surface area contributed by atoms with Gasteiger partial charge in [-0.3, -0.25) is 0 Å². The number of rotatable bonds is 7. The Labute approximate surface area is 82.6 Å². The Kier molecular flexibility index (Phi) is 6.69. The van der Waals surface area contributed by atoms with Crippen LogP contribution in [0, 0.1) is 0 Å². The third-order valence-corrected chi connectivity index (χ3v) is 2.29. The predicted molar refractivity (Wildman–Crippen MR) is 57.7 cm³/mol. The number of hydrogen-bond donors (Lipinski definition) is 0. The van der Waals surface area contributed by atoms with E-state index in [0.29, 0.717) is 6.04 Å². The van der Waals surface area contributed by atoms with E-state index < -0.39 is 0 Å². The molecular weight excluding hydrogens is 162 g/mol. The molecule has 0 aliphatic heterocycles. The average Bonchev–Trinajstić information content (AvgIpc) is 2.05. The molecule has 0 rings (SSSR count). The van der Waals surface area contributed by atoms with Gasteiger partial charge in [0.1, 0.15) is 0 Å². The monoisotopic (exact) mass is 185 g/mol. The first-order chi connectivity index (χ1) is 6.11. The maximum atomic E-state index is 5.25. The second-order valence-electron chi connectivity index (χ2n) is 3.62. The van der Waals surface area contributed by atoms with Gasteiger partial charge in [0, 0.05) is 12.6 Å². The molecule has 0 amide bonds. The third-order valence-electron chi connectivity index (χ3n) is 2.29. The van der Waals surface area contributed by atoms with Crippen LogP contribution in [0.15, 0.2) is 12.8 Å². The predicted octanol–water partition coefficient (Wildman–Crippen LogP) is 2.66. The third kappa shape index (κ3) is 5.69. The minimum Gasteiger partial charge on any atom is -0.499 e. The lowest BCUT2D eigenvalue weighted by Gasteiger charge is -2.25. The maximum Gasteiger partial charge on any atom is 0.0962 e. The van der Waals surface area contributed by atoms with Crippen LogP contribution in [0.25, 0.3) is 0 Å². The molecule has 0 spiro atoms. The van der Waals surface area contributed by atoms with Gasteiger partial charge in [0.15, 0.2) is 0 Å². The van der Waals surface area contributed by atoms with Crippen LogP contribution < -0.4 is 0 Å². The van der Waals surface area contributed by atoms with Crippen molar-refractivity contribution in [1.29, 1.82) is 0 Å². The summed E-state index contributed by atoms with van der Waals surface area (Å²) < 4.78 is 5.25. The zero-order valence-corrected chi connectivity index (χ0v) is 9.42. The molecule has 0 aromatic heterocycles. The fraction of sp³-hybridized carbons (Fsp3) is 0.818. The number of nitrogens with zero attached hydrogens (tertiary/aromatic N) is 1. The van der Waals surface area contributed by atoms with Gasteiger partial charge < -0.3 is 9.64 Å². The summed E-state index contributed by atoms with van der Waals surface area (Å²) in [5, 5.41) is 0. The van der Waals surface area contributed by atoms with E-state index in [0.717, 1.165) is 19.5 Å². The topological polar surface area (TPSA) is 12.5 Å². The first-order valence-corrected chi connectivity index (χ1v) is 5.12. The van der Waals surface area contributed by atoms with Crippen molar-refractivity contribution < 1.29 is 4.74 Å². The van der Waals surface area contributed by atoms with Gasteiger partial charge in [-0.1, -0.05) is 13.5 Å². The summed E-state index contributed by atoms with van der Waals surface area (Å²) in [6.45, 7) is 14.5. The minimum atomic E-state index is 0.283. The normalized spacial score (nSPS) is 13.4. The van der Waals surface area contributed by atoms with E-state index in [-0.39, 0.29) is 6.10 Å². The van der Waals surface area contributed by atoms with Crippen molar-refractivity contribution in [3.05, 3.63) is 12.8 Å². The smallest absolute Gasteiger partial charge is 0.0962 e. The van der Waals surface area contributed by atoms with E-state index in [4.69, 9.17) is 4.74 Å². The van der Waals surface area contributed by atoms with Gasteiger partial charge in [-0.15, -0.1) is 0 Å². The summed E-state index contributed by atoms with van der Waals surface area (Å²) in [6, 6.07) is 0.626. The molecule has 2 heteroatoms. The van der Waals surface area contributed by atoms with Crippen LogP contribution in [0.5, 0.6) is 0 Å². The Morgan fingerprint density at radius 2 is 2.00 bits per heavy atom. The molecule has 0 N–H and O–H groups in total. The Morgan fingerprint density at radius 1 is 1.38 bits per heavy atom. The average molecular weight is 185 g/mol. The Morgan fingerprint density at radius 3 is 2.38 bits per heavy atom. The molecule has 1 unspecified atom stereocenters. The molecule has 0 aromatic rings. The van der Waals surface area contributed by atoms with Gasteiger partial charge in [-0.2, -0.15) is 0 Å². The number of hydrogen-bond acceptors (Lipinski definition) is 2. The van der Waals surface area contributed by atoms with E-state index in [1.165, 1.54) is 6.26 Å². The summed E-state index contributed by atoms with van der Waals surface area (Å²) >= 11 is 0. The fourth-order valence-electron chi connectivity index (χ4n) is 1.36. The van der Waals surface area contributed by atoms with Crippen molar-refractivity contribution in [3.8, 4) is 0 Å². The highest BCUT2D eigenvalue weighted by molar-refractivity contribution is 4.64. The molecule has 0 bridgehead atoms. The molecule has 78 valence electrons. The summed E-state index contributed by atoms with van der Waals surface area (Å²) in [5.74, 6) is 0. The van der Waals surface area contributed by atoms with Crippen molar-refractivity contribution in [2.45, 2.75) is 46.3 Å². The van der Waals surface area contributed by atoms with E-state index in [2.05, 4.69) is 39.2 Å². The summed E-state index contributed by atoms with van der Waals surface area (Å²) in [4.78, 5) is 2.43. The second kappa shape index (κ2) is 6.96. The van der Waals surface area contributed by atoms with Crippen LogP contribution in [-0.4, -0.2) is 30.1 Å². The van der Waals surface area contributed by atoms with Crippen molar-refractivity contribution in [2.75, 3.05) is 13.1 Å². The highest BCUT2D eigenvalue weighted by Crippen LogP contribution is 2.03. The van der Waals surface area contributed by atoms with Crippen molar-refractivity contribution in [3.63, 3.8) is 0 Å². The van der Waals surface area contributed by atoms with E-state index in [1.54, 1.807) is 0 Å². The minimum absolute atomic E-state index is 0.283. The van der Waals surface area contributed by atoms with Crippen molar-refractivity contribution in [1.82, 2.24) is 4.90 Å². The largest absolute Gasteiger partial charge is 0.499 e. The van der Waals surface area contributed by atoms with E-state index in [9.17, 15) is 0 Å². The molecule has 2 nitrogen and oxygen atoms in total. The quantitative estimate of drug-likeness (QED) is 0.565. The Hall–Kier alpha value is -0.500. The van der Waals surface area contributed by atoms with E-state index in [1.807, 2.05) is 0 Å². The maximum absolute atomic E-state index is 5.25. The van der Waals surface area contributed by atoms with Gasteiger partial charge in [0.25, 0.3) is 0 Å². The Balaban J connectivity index is 3.64. The summed E-state index contributed by atoms with van der Waals surface area (Å²) in [7, 11) is 0. The SMILES string of the molecule is C=COC(C)CCN(CC)C(C)C. The first kappa shape index (κ1) is 12.5. The molecule has 0 saturated heterocycles. The molecule has 0 fully saturated rings. The molecular formula is C11H23NO. The molecule has 0 aliphatic rings. The van der Waals surface area contributed by atoms with Crippen LogP contribution in [0.2, 0.25) is 0 Å². The van der Waals surface area contributed by atoms with Crippen LogP contribution in [-0.2, 0) is 4.74 Å². The second-order valence-corrected chi connectivity index (χ2v) is 3.62. The van der Waals surface area contributed by atoms with Crippen LogP contribution in [0.1, 0.15) is 34.1 Å². The molecule has 1 atom stereocenters. The van der Waals surface area contributed by atoms with Gasteiger partial charge in [0.2, 0.25) is 0 Å². The zero-order valence-electron chi connectivity index (χ0n) is 9.42. The highest BCUT2D eigenvalue weighted by atomic mass is 16.5. The van der Waals surface area contributed by atoms with Gasteiger partial charge in [-0.25, -0.2) is 0 Å². The van der Waals surface area contributed by atoms with Gasteiger partial charge in [-0.05, 0) is 33.7 Å². The number of ether oxygens (including phenoxy) is 1. The van der Waals surface area contributed by atoms with Crippen LogP contribution >= 0.6 is 0 Å². The molecule has 13 heavy (non-hydrogen) atoms. The molecule has 0 saturated carbocycles. The molecule has 0 radical (unpaired) electrons. The molecule has 0 aliphatic carbocycles. The lowest BCUT2D eigenvalue weighted by Crippen LogP contribution is -2.33. The lowest BCUT2D eigenvalue weighted by atomic mass is 10.2. The first-order valence-electron chi connectivity index (χ1n) is 5.12. The van der Waals surface area contributed by atoms with Gasteiger partial charge in [0.05, 0.1) is 12.4 Å². The Bertz CT molecular complexity index is 134. The van der Waals surface area contributed by atoms with Crippen molar-refractivity contribution in [2.24, 2.45) is 0 Å². The summed E-state index contributed by atoms with van der Waals surface area (Å²) in [6.07, 6.45) is 2.87. The zero-order chi connectivity index (χ0) is 10.3. The molecule has 0 heterocycles. The van der Waals surface area contributed by atoms with Crippen LogP contribution in [0.3, 0.4) is 0 Å². The fourth-order valence-corrected chi connectivity index (χ4v) is 1.36. The highest BCUT2D eigenvalue weighted by Gasteiger charge is 2.08. The van der Waals surface area contributed by atoms with E-state index >= 15 is 0 Å².